The molecule has 0 saturated carbocycles. The van der Waals surface area contributed by atoms with Crippen LogP contribution in [0.5, 0.6) is 5.75 Å². The topological polar surface area (TPSA) is 93.0 Å². The van der Waals surface area contributed by atoms with E-state index in [1.807, 2.05) is 12.1 Å². The number of fused-ring (bicyclic) bond motifs is 1. The van der Waals surface area contributed by atoms with E-state index in [1.165, 1.54) is 6.20 Å². The highest BCUT2D eigenvalue weighted by molar-refractivity contribution is 6.05. The number of aromatic nitrogens is 2. The molecule has 3 rings (SSSR count). The lowest BCUT2D eigenvalue weighted by atomic mass is 10.1. The fraction of sp³-hybridized carbons (Fsp3) is 0.167. The van der Waals surface area contributed by atoms with Gasteiger partial charge in [0.15, 0.2) is 5.82 Å². The summed E-state index contributed by atoms with van der Waals surface area (Å²) < 4.78 is 5.39. The van der Waals surface area contributed by atoms with Crippen molar-refractivity contribution in [3.8, 4) is 5.75 Å². The molecule has 0 spiro atoms. The van der Waals surface area contributed by atoms with E-state index in [1.54, 1.807) is 6.07 Å². The molecule has 18 heavy (non-hydrogen) atoms. The molecule has 0 unspecified atom stereocenters. The molecular formula is C12H12N4O2. The molecular weight excluding hydrogens is 232 g/mol. The molecule has 0 fully saturated rings. The van der Waals surface area contributed by atoms with Gasteiger partial charge in [-0.1, -0.05) is 0 Å². The van der Waals surface area contributed by atoms with Crippen molar-refractivity contribution in [2.45, 2.75) is 6.42 Å². The van der Waals surface area contributed by atoms with Crippen molar-refractivity contribution < 1.29 is 9.53 Å². The lowest BCUT2D eigenvalue weighted by Crippen LogP contribution is -2.13. The Labute approximate surface area is 103 Å². The van der Waals surface area contributed by atoms with Gasteiger partial charge in [0.05, 0.1) is 18.5 Å². The van der Waals surface area contributed by atoms with Crippen LogP contribution in [0.4, 0.5) is 11.5 Å². The largest absolute Gasteiger partial charge is 0.493 e. The average molecular weight is 244 g/mol. The Kier molecular flexibility index (Phi) is 2.40. The van der Waals surface area contributed by atoms with Crippen molar-refractivity contribution in [2.75, 3.05) is 17.7 Å². The highest BCUT2D eigenvalue weighted by atomic mass is 16.5. The van der Waals surface area contributed by atoms with Gasteiger partial charge < -0.3 is 15.8 Å². The number of anilines is 2. The van der Waals surface area contributed by atoms with E-state index in [9.17, 15) is 4.79 Å². The lowest BCUT2D eigenvalue weighted by molar-refractivity contribution is 0.102. The molecule has 2 heterocycles. The van der Waals surface area contributed by atoms with Crippen LogP contribution in [0, 0.1) is 0 Å². The van der Waals surface area contributed by atoms with Gasteiger partial charge in [-0.25, -0.2) is 0 Å². The number of carbonyl (C=O) groups is 1. The first-order valence-electron chi connectivity index (χ1n) is 5.60. The molecule has 6 nitrogen and oxygen atoms in total. The van der Waals surface area contributed by atoms with E-state index in [2.05, 4.69) is 15.5 Å². The van der Waals surface area contributed by atoms with Crippen LogP contribution in [0.2, 0.25) is 0 Å². The Morgan fingerprint density at radius 1 is 1.50 bits per heavy atom. The summed E-state index contributed by atoms with van der Waals surface area (Å²) in [7, 11) is 0. The van der Waals surface area contributed by atoms with E-state index in [-0.39, 0.29) is 5.91 Å². The molecule has 92 valence electrons. The fourth-order valence-electron chi connectivity index (χ4n) is 1.91. The summed E-state index contributed by atoms with van der Waals surface area (Å²) in [5.74, 6) is 1.05. The summed E-state index contributed by atoms with van der Waals surface area (Å²) in [6.07, 6.45) is 2.29. The molecule has 1 aromatic carbocycles. The number of nitrogens with one attached hydrogen (secondary N) is 2. The first-order valence-corrected chi connectivity index (χ1v) is 5.60. The van der Waals surface area contributed by atoms with E-state index < -0.39 is 0 Å². The Morgan fingerprint density at radius 3 is 3.17 bits per heavy atom. The fourth-order valence-corrected chi connectivity index (χ4v) is 1.91. The van der Waals surface area contributed by atoms with Gasteiger partial charge in [-0.2, -0.15) is 5.10 Å². The number of hydrogen-bond acceptors (Lipinski definition) is 4. The molecule has 4 N–H and O–H groups in total. The molecule has 0 aliphatic carbocycles. The quantitative estimate of drug-likeness (QED) is 0.739. The zero-order valence-electron chi connectivity index (χ0n) is 9.56. The van der Waals surface area contributed by atoms with Crippen molar-refractivity contribution in [1.29, 1.82) is 0 Å². The number of hydrogen-bond donors (Lipinski definition) is 3. The number of ether oxygens (including phenoxy) is 1. The van der Waals surface area contributed by atoms with Gasteiger partial charge in [0.2, 0.25) is 0 Å². The third-order valence-electron chi connectivity index (χ3n) is 2.86. The minimum absolute atomic E-state index is 0.222. The molecule has 1 aliphatic heterocycles. The minimum Gasteiger partial charge on any atom is -0.493 e. The van der Waals surface area contributed by atoms with Crippen LogP contribution >= 0.6 is 0 Å². The third kappa shape index (κ3) is 1.77. The number of aromatic amines is 1. The molecule has 0 saturated heterocycles. The third-order valence-corrected chi connectivity index (χ3v) is 2.86. The van der Waals surface area contributed by atoms with E-state index >= 15 is 0 Å². The van der Waals surface area contributed by atoms with Crippen LogP contribution in [0.1, 0.15) is 15.9 Å². The number of nitrogen functional groups attached to an aromatic ring is 1. The maximum atomic E-state index is 12.0. The van der Waals surface area contributed by atoms with E-state index in [4.69, 9.17) is 10.5 Å². The zero-order chi connectivity index (χ0) is 12.5. The van der Waals surface area contributed by atoms with Gasteiger partial charge >= 0.3 is 0 Å². The van der Waals surface area contributed by atoms with Gasteiger partial charge in [-0.3, -0.25) is 9.89 Å². The van der Waals surface area contributed by atoms with Crippen molar-refractivity contribution in [2.24, 2.45) is 0 Å². The molecule has 0 bridgehead atoms. The van der Waals surface area contributed by atoms with Crippen LogP contribution in [0.15, 0.2) is 24.4 Å². The molecule has 0 radical (unpaired) electrons. The van der Waals surface area contributed by atoms with Crippen LogP contribution in [0.3, 0.4) is 0 Å². The number of benzene rings is 1. The zero-order valence-corrected chi connectivity index (χ0v) is 9.56. The summed E-state index contributed by atoms with van der Waals surface area (Å²) in [4.78, 5) is 12.0. The highest BCUT2D eigenvalue weighted by Gasteiger charge is 2.15. The number of carbonyl (C=O) groups excluding carboxylic acids is 1. The summed E-state index contributed by atoms with van der Waals surface area (Å²) in [5.41, 5.74) is 7.67. The van der Waals surface area contributed by atoms with Crippen molar-refractivity contribution >= 4 is 17.4 Å². The Morgan fingerprint density at radius 2 is 2.39 bits per heavy atom. The van der Waals surface area contributed by atoms with Crippen molar-refractivity contribution in [3.05, 3.63) is 35.5 Å². The molecule has 1 amide bonds. The highest BCUT2D eigenvalue weighted by Crippen LogP contribution is 2.26. The summed E-state index contributed by atoms with van der Waals surface area (Å²) in [6.45, 7) is 0.675. The van der Waals surface area contributed by atoms with Crippen LogP contribution < -0.4 is 15.8 Å². The SMILES string of the molecule is Nc1cn[nH]c1NC(=O)c1ccc2c(c1)CCO2. The number of H-pyrrole nitrogens is 1. The molecule has 1 aliphatic rings. The molecule has 2 aromatic rings. The normalized spacial score (nSPS) is 12.9. The lowest BCUT2D eigenvalue weighted by Gasteiger charge is -2.05. The second-order valence-electron chi connectivity index (χ2n) is 4.08. The first kappa shape index (κ1) is 10.6. The average Bonchev–Trinajstić information content (AvgIpc) is 2.98. The van der Waals surface area contributed by atoms with Gasteiger partial charge in [0, 0.05) is 12.0 Å². The number of rotatable bonds is 2. The number of amides is 1. The molecule has 1 aromatic heterocycles. The summed E-state index contributed by atoms with van der Waals surface area (Å²) in [6, 6.07) is 5.38. The van der Waals surface area contributed by atoms with Gasteiger partial charge in [0.25, 0.3) is 5.91 Å². The number of nitrogens with two attached hydrogens (primary N) is 1. The smallest absolute Gasteiger partial charge is 0.256 e. The predicted molar refractivity (Wildman–Crippen MR) is 66.6 cm³/mol. The Hall–Kier alpha value is -2.50. The first-order chi connectivity index (χ1) is 8.74. The second-order valence-corrected chi connectivity index (χ2v) is 4.08. The maximum absolute atomic E-state index is 12.0. The van der Waals surface area contributed by atoms with Gasteiger partial charge in [-0.15, -0.1) is 0 Å². The Balaban J connectivity index is 1.83. The van der Waals surface area contributed by atoms with Crippen LogP contribution in [-0.4, -0.2) is 22.7 Å². The van der Waals surface area contributed by atoms with E-state index in [0.29, 0.717) is 23.7 Å². The summed E-state index contributed by atoms with van der Waals surface area (Å²) in [5, 5.41) is 9.04. The van der Waals surface area contributed by atoms with Crippen LogP contribution in [-0.2, 0) is 6.42 Å². The minimum atomic E-state index is -0.222. The van der Waals surface area contributed by atoms with Crippen LogP contribution in [0.25, 0.3) is 0 Å². The Bertz CT molecular complexity index is 606. The molecule has 6 heteroatoms. The predicted octanol–water partition coefficient (Wildman–Crippen LogP) is 1.18. The van der Waals surface area contributed by atoms with E-state index in [0.717, 1.165) is 17.7 Å². The van der Waals surface area contributed by atoms with Gasteiger partial charge in [0.1, 0.15) is 5.75 Å². The van der Waals surface area contributed by atoms with Crippen molar-refractivity contribution in [1.82, 2.24) is 10.2 Å². The molecule has 0 atom stereocenters. The second kappa shape index (κ2) is 4.06. The van der Waals surface area contributed by atoms with Crippen molar-refractivity contribution in [3.63, 3.8) is 0 Å². The van der Waals surface area contributed by atoms with Gasteiger partial charge in [-0.05, 0) is 23.8 Å². The standard InChI is InChI=1S/C12H12N4O2/c13-9-6-14-16-11(9)15-12(17)8-1-2-10-7(5-8)3-4-18-10/h1-2,5-6H,3-4,13H2,(H2,14,15,16,17). The maximum Gasteiger partial charge on any atom is 0.256 e. The number of nitrogens with zero attached hydrogens (tertiary/aromatic N) is 1. The summed E-state index contributed by atoms with van der Waals surface area (Å²) >= 11 is 0. The monoisotopic (exact) mass is 244 g/mol.